The van der Waals surface area contributed by atoms with Gasteiger partial charge in [0.1, 0.15) is 0 Å². The third-order valence-electron chi connectivity index (χ3n) is 2.87. The number of nitrogen functional groups attached to an aromatic ring is 1. The van der Waals surface area contributed by atoms with Crippen LogP contribution >= 0.6 is 0 Å². The molecule has 1 aromatic heterocycles. The Morgan fingerprint density at radius 3 is 2.67 bits per heavy atom. The molecule has 0 fully saturated rings. The Labute approximate surface area is 107 Å². The second kappa shape index (κ2) is 6.39. The highest BCUT2D eigenvalue weighted by atomic mass is 16.3. The van der Waals surface area contributed by atoms with Crippen molar-refractivity contribution in [2.75, 3.05) is 25.4 Å². The largest absolute Gasteiger partial charge is 0.396 e. The van der Waals surface area contributed by atoms with Crippen molar-refractivity contribution in [3.8, 4) is 0 Å². The van der Waals surface area contributed by atoms with E-state index in [2.05, 4.69) is 10.2 Å². The molecule has 0 aliphatic rings. The van der Waals surface area contributed by atoms with Gasteiger partial charge in [0.25, 0.3) is 5.91 Å². The van der Waals surface area contributed by atoms with Crippen molar-refractivity contribution in [2.45, 2.75) is 33.1 Å². The van der Waals surface area contributed by atoms with Gasteiger partial charge in [0, 0.05) is 19.7 Å². The average Bonchev–Trinajstić information content (AvgIpc) is 2.71. The van der Waals surface area contributed by atoms with E-state index in [1.54, 1.807) is 4.90 Å². The molecule has 6 heteroatoms. The van der Waals surface area contributed by atoms with Gasteiger partial charge >= 0.3 is 0 Å². The Kier molecular flexibility index (Phi) is 5.15. The number of hydrogen-bond donors (Lipinski definition) is 3. The minimum absolute atomic E-state index is 0.0665. The topological polar surface area (TPSA) is 95.2 Å². The van der Waals surface area contributed by atoms with E-state index in [1.165, 1.54) is 0 Å². The lowest BCUT2D eigenvalue weighted by Gasteiger charge is -2.19. The first kappa shape index (κ1) is 14.5. The van der Waals surface area contributed by atoms with Gasteiger partial charge in [0.2, 0.25) is 0 Å². The summed E-state index contributed by atoms with van der Waals surface area (Å²) in [5.74, 6) is 0.0122. The van der Waals surface area contributed by atoms with Crippen LogP contribution < -0.4 is 5.73 Å². The summed E-state index contributed by atoms with van der Waals surface area (Å²) in [5.41, 5.74) is 7.43. The van der Waals surface area contributed by atoms with Crippen molar-refractivity contribution in [1.82, 2.24) is 15.1 Å². The van der Waals surface area contributed by atoms with E-state index in [1.807, 2.05) is 20.8 Å². The predicted molar refractivity (Wildman–Crippen MR) is 70.4 cm³/mol. The van der Waals surface area contributed by atoms with Crippen LogP contribution in [0.15, 0.2) is 0 Å². The van der Waals surface area contributed by atoms with E-state index >= 15 is 0 Å². The van der Waals surface area contributed by atoms with E-state index in [0.717, 1.165) is 5.69 Å². The maximum Gasteiger partial charge on any atom is 0.276 e. The molecule has 1 rings (SSSR count). The molecule has 0 bridgehead atoms. The van der Waals surface area contributed by atoms with Crippen LogP contribution in [0.3, 0.4) is 0 Å². The number of aromatic amines is 1. The normalized spacial score (nSPS) is 10.9. The van der Waals surface area contributed by atoms with Crippen molar-refractivity contribution < 1.29 is 9.90 Å². The quantitative estimate of drug-likeness (QED) is 0.704. The summed E-state index contributed by atoms with van der Waals surface area (Å²) in [7, 11) is 0. The minimum Gasteiger partial charge on any atom is -0.396 e. The van der Waals surface area contributed by atoms with E-state index in [9.17, 15) is 4.79 Å². The zero-order valence-electron chi connectivity index (χ0n) is 11.2. The molecule has 0 saturated heterocycles. The Morgan fingerprint density at radius 1 is 1.56 bits per heavy atom. The molecular weight excluding hydrogens is 232 g/mol. The van der Waals surface area contributed by atoms with Crippen molar-refractivity contribution in [1.29, 1.82) is 0 Å². The molecule has 0 saturated carbocycles. The van der Waals surface area contributed by atoms with Crippen LogP contribution in [0.4, 0.5) is 5.69 Å². The first-order valence-electron chi connectivity index (χ1n) is 6.26. The first-order chi connectivity index (χ1) is 8.52. The number of amides is 1. The zero-order valence-corrected chi connectivity index (χ0v) is 11.2. The van der Waals surface area contributed by atoms with Crippen LogP contribution in [0.1, 0.15) is 49.3 Å². The maximum absolute atomic E-state index is 12.2. The van der Waals surface area contributed by atoms with Gasteiger partial charge in [0.05, 0.1) is 11.4 Å². The second-order valence-electron chi connectivity index (χ2n) is 4.52. The Morgan fingerprint density at radius 2 is 2.22 bits per heavy atom. The molecule has 0 unspecified atom stereocenters. The van der Waals surface area contributed by atoms with Crippen LogP contribution in [0.2, 0.25) is 0 Å². The lowest BCUT2D eigenvalue weighted by atomic mass is 10.1. The number of nitrogens with one attached hydrogen (secondary N) is 1. The lowest BCUT2D eigenvalue weighted by Crippen LogP contribution is -2.33. The number of H-pyrrole nitrogens is 1. The molecule has 0 aliphatic heterocycles. The summed E-state index contributed by atoms with van der Waals surface area (Å²) in [6.45, 7) is 7.01. The Balaban J connectivity index is 2.88. The molecule has 18 heavy (non-hydrogen) atoms. The lowest BCUT2D eigenvalue weighted by molar-refractivity contribution is 0.0749. The van der Waals surface area contributed by atoms with Gasteiger partial charge in [-0.05, 0) is 19.3 Å². The van der Waals surface area contributed by atoms with Gasteiger partial charge in [-0.2, -0.15) is 5.10 Å². The first-order valence-corrected chi connectivity index (χ1v) is 6.26. The number of rotatable bonds is 6. The van der Waals surface area contributed by atoms with E-state index in [0.29, 0.717) is 25.2 Å². The monoisotopic (exact) mass is 254 g/mol. The standard InChI is InChI=1S/C12H22N4O2/c1-4-16(6-5-7-17)12(18)11-9(13)10(8(2)3)14-15-11/h8,17H,4-7,13H2,1-3H3,(H,14,15). The molecule has 0 radical (unpaired) electrons. The van der Waals surface area contributed by atoms with Crippen LogP contribution in [0.25, 0.3) is 0 Å². The third kappa shape index (κ3) is 3.01. The summed E-state index contributed by atoms with van der Waals surface area (Å²) in [6, 6.07) is 0. The molecular formula is C12H22N4O2. The average molecular weight is 254 g/mol. The highest BCUT2D eigenvalue weighted by molar-refractivity contribution is 5.97. The van der Waals surface area contributed by atoms with Crippen molar-refractivity contribution >= 4 is 11.6 Å². The number of anilines is 1. The molecule has 1 heterocycles. The number of nitrogens with two attached hydrogens (primary N) is 1. The van der Waals surface area contributed by atoms with Gasteiger partial charge in [0.15, 0.2) is 5.69 Å². The van der Waals surface area contributed by atoms with Crippen molar-refractivity contribution in [3.63, 3.8) is 0 Å². The second-order valence-corrected chi connectivity index (χ2v) is 4.52. The number of aliphatic hydroxyl groups excluding tert-OH is 1. The molecule has 1 amide bonds. The van der Waals surface area contributed by atoms with Gasteiger partial charge in [-0.1, -0.05) is 13.8 Å². The molecule has 0 aromatic carbocycles. The predicted octanol–water partition coefficient (Wildman–Crippen LogP) is 0.960. The number of aliphatic hydroxyl groups is 1. The fourth-order valence-corrected chi connectivity index (χ4v) is 1.78. The third-order valence-corrected chi connectivity index (χ3v) is 2.87. The fourth-order valence-electron chi connectivity index (χ4n) is 1.78. The molecule has 102 valence electrons. The number of hydrogen-bond acceptors (Lipinski definition) is 4. The van der Waals surface area contributed by atoms with Crippen LogP contribution in [0.5, 0.6) is 0 Å². The summed E-state index contributed by atoms with van der Waals surface area (Å²) in [5, 5.41) is 15.6. The van der Waals surface area contributed by atoms with E-state index in [-0.39, 0.29) is 24.1 Å². The summed E-state index contributed by atoms with van der Waals surface area (Å²) >= 11 is 0. The van der Waals surface area contributed by atoms with E-state index < -0.39 is 0 Å². The van der Waals surface area contributed by atoms with Crippen LogP contribution in [-0.2, 0) is 0 Å². The number of carbonyl (C=O) groups excluding carboxylic acids is 1. The zero-order chi connectivity index (χ0) is 13.7. The highest BCUT2D eigenvalue weighted by Gasteiger charge is 2.22. The molecule has 0 spiro atoms. The van der Waals surface area contributed by atoms with Crippen LogP contribution in [0, 0.1) is 0 Å². The Hall–Kier alpha value is -1.56. The fraction of sp³-hybridized carbons (Fsp3) is 0.667. The van der Waals surface area contributed by atoms with Gasteiger partial charge in [-0.15, -0.1) is 0 Å². The highest BCUT2D eigenvalue weighted by Crippen LogP contribution is 2.23. The Bertz CT molecular complexity index is 401. The molecule has 4 N–H and O–H groups in total. The smallest absolute Gasteiger partial charge is 0.276 e. The van der Waals surface area contributed by atoms with Crippen LogP contribution in [-0.4, -0.2) is 45.8 Å². The molecule has 0 atom stereocenters. The number of aromatic nitrogens is 2. The molecule has 6 nitrogen and oxygen atoms in total. The van der Waals surface area contributed by atoms with E-state index in [4.69, 9.17) is 10.8 Å². The number of carbonyl (C=O) groups is 1. The molecule has 1 aromatic rings. The summed E-state index contributed by atoms with van der Waals surface area (Å²) in [6.07, 6.45) is 0.556. The SMILES string of the molecule is CCN(CCCO)C(=O)c1n[nH]c(C(C)C)c1N. The minimum atomic E-state index is -0.188. The molecule has 0 aliphatic carbocycles. The number of nitrogens with zero attached hydrogens (tertiary/aromatic N) is 2. The van der Waals surface area contributed by atoms with Gasteiger partial charge in [-0.25, -0.2) is 0 Å². The summed E-state index contributed by atoms with van der Waals surface area (Å²) < 4.78 is 0. The summed E-state index contributed by atoms with van der Waals surface area (Å²) in [4.78, 5) is 13.9. The van der Waals surface area contributed by atoms with Gasteiger partial charge < -0.3 is 15.7 Å². The van der Waals surface area contributed by atoms with Gasteiger partial charge in [-0.3, -0.25) is 9.89 Å². The van der Waals surface area contributed by atoms with Crippen molar-refractivity contribution in [2.24, 2.45) is 0 Å². The van der Waals surface area contributed by atoms with Crippen molar-refractivity contribution in [3.05, 3.63) is 11.4 Å². The maximum atomic E-state index is 12.2.